The number of rotatable bonds is 52. The van der Waals surface area contributed by atoms with Crippen LogP contribution in [0.25, 0.3) is 0 Å². The summed E-state index contributed by atoms with van der Waals surface area (Å²) in [7, 11) is -4.73. The molecule has 1 aromatic rings. The number of phosphoric ester groups is 1. The number of unbranched alkanes of at least 4 members (excludes halogenated alkanes) is 28. The van der Waals surface area contributed by atoms with Crippen LogP contribution in [0.3, 0.4) is 0 Å². The van der Waals surface area contributed by atoms with Crippen LogP contribution in [0.4, 0.5) is 0 Å². The summed E-state index contributed by atoms with van der Waals surface area (Å²) in [6.07, 6.45) is 34.9. The summed E-state index contributed by atoms with van der Waals surface area (Å²) >= 11 is 0. The van der Waals surface area contributed by atoms with Crippen molar-refractivity contribution in [1.29, 1.82) is 0 Å². The molecule has 0 saturated carbocycles. The number of carbonyl (C=O) groups excluding carboxylic acids is 3. The molecule has 1 aromatic heterocycles. The second-order valence-corrected chi connectivity index (χ2v) is 23.8. The van der Waals surface area contributed by atoms with Crippen LogP contribution in [0.5, 0.6) is 5.75 Å². The molecule has 0 radical (unpaired) electrons. The third kappa shape index (κ3) is 41.9. The topological polar surface area (TPSA) is 269 Å². The Morgan fingerprint density at radius 2 is 0.927 bits per heavy atom. The molecule has 82 heavy (non-hydrogen) atoms. The van der Waals surface area contributed by atoms with Crippen molar-refractivity contribution in [3.63, 3.8) is 0 Å². The van der Waals surface area contributed by atoms with Crippen LogP contribution in [-0.2, 0) is 64.9 Å². The number of carboxylic acids is 3. The van der Waals surface area contributed by atoms with Crippen molar-refractivity contribution < 1.29 is 76.8 Å². The van der Waals surface area contributed by atoms with E-state index in [1.807, 2.05) is 0 Å². The number of carboxylic acid groups (broad SMARTS) is 3. The molecule has 21 heteroatoms. The molecule has 0 fully saturated rings. The molecular weight excluding hydrogens is 1080 g/mol. The number of esters is 2. The fourth-order valence-corrected chi connectivity index (χ4v) is 10.7. The summed E-state index contributed by atoms with van der Waals surface area (Å²) in [4.78, 5) is 93.9. The van der Waals surface area contributed by atoms with Crippen LogP contribution in [0.1, 0.15) is 244 Å². The quantitative estimate of drug-likeness (QED) is 0.0268. The lowest BCUT2D eigenvalue weighted by molar-refractivity contribution is -0.161. The van der Waals surface area contributed by atoms with Crippen molar-refractivity contribution in [3.8, 4) is 5.75 Å². The van der Waals surface area contributed by atoms with Gasteiger partial charge in [-0.05, 0) is 31.4 Å². The fourth-order valence-electron chi connectivity index (χ4n) is 9.94. The maximum absolute atomic E-state index is 13.0. The zero-order chi connectivity index (χ0) is 59.9. The van der Waals surface area contributed by atoms with Crippen molar-refractivity contribution >= 4 is 43.5 Å². The molecule has 0 aliphatic carbocycles. The first-order valence-electron chi connectivity index (χ1n) is 31.5. The summed E-state index contributed by atoms with van der Waals surface area (Å²) in [6, 6.07) is 3.17. The predicted molar refractivity (Wildman–Crippen MR) is 316 cm³/mol. The molecule has 0 saturated heterocycles. The van der Waals surface area contributed by atoms with Gasteiger partial charge in [-0.1, -0.05) is 194 Å². The Kier molecular flexibility index (Phi) is 43.6. The molecular formula is C61H107N4O16P. The second kappa shape index (κ2) is 48.2. The van der Waals surface area contributed by atoms with Gasteiger partial charge >= 0.3 is 37.7 Å². The number of hydrogen-bond donors (Lipinski definition) is 4. The van der Waals surface area contributed by atoms with Gasteiger partial charge in [0, 0.05) is 58.5 Å². The smallest absolute Gasteiger partial charge is 0.472 e. The lowest BCUT2D eigenvalue weighted by Crippen LogP contribution is -2.44. The molecule has 0 amide bonds. The number of Topliss-reactive ketones (excluding diaryl/α,β-unsaturated/α-hetero) is 1. The number of aliphatic carboxylic acids is 3. The van der Waals surface area contributed by atoms with Crippen LogP contribution in [0, 0.1) is 0 Å². The molecule has 2 atom stereocenters. The van der Waals surface area contributed by atoms with Gasteiger partial charge in [-0.25, -0.2) is 4.57 Å². The highest BCUT2D eigenvalue weighted by atomic mass is 31.2. The molecule has 0 aromatic carbocycles. The van der Waals surface area contributed by atoms with Crippen molar-refractivity contribution in [2.24, 2.45) is 0 Å². The molecule has 2 rings (SSSR count). The number of pyridine rings is 1. The second-order valence-electron chi connectivity index (χ2n) is 22.3. The molecule has 2 bridgehead atoms. The van der Waals surface area contributed by atoms with Crippen LogP contribution >= 0.6 is 7.82 Å². The van der Waals surface area contributed by atoms with E-state index < -0.39 is 69.3 Å². The third-order valence-corrected chi connectivity index (χ3v) is 15.6. The van der Waals surface area contributed by atoms with E-state index in [2.05, 4.69) is 18.8 Å². The molecule has 1 aliphatic heterocycles. The predicted octanol–water partition coefficient (Wildman–Crippen LogP) is 12.1. The molecule has 1 unspecified atom stereocenters. The first-order chi connectivity index (χ1) is 39.6. The molecule has 1 aliphatic rings. The van der Waals surface area contributed by atoms with Crippen molar-refractivity contribution in [2.75, 3.05) is 72.2 Å². The van der Waals surface area contributed by atoms with Gasteiger partial charge in [0.05, 0.1) is 44.2 Å². The Bertz CT molecular complexity index is 1950. The zero-order valence-electron chi connectivity index (χ0n) is 50.4. The summed E-state index contributed by atoms with van der Waals surface area (Å²) in [5, 5.41) is 28.7. The van der Waals surface area contributed by atoms with Gasteiger partial charge < -0.3 is 34.4 Å². The van der Waals surface area contributed by atoms with Gasteiger partial charge in [-0.3, -0.25) is 57.5 Å². The monoisotopic (exact) mass is 1180 g/mol. The highest BCUT2D eigenvalue weighted by Crippen LogP contribution is 2.43. The number of nitrogens with zero attached hydrogens (tertiary/aromatic N) is 4. The van der Waals surface area contributed by atoms with Gasteiger partial charge in [-0.15, -0.1) is 0 Å². The van der Waals surface area contributed by atoms with Crippen molar-refractivity contribution in [3.05, 3.63) is 23.5 Å². The Morgan fingerprint density at radius 1 is 0.512 bits per heavy atom. The molecule has 4 N–H and O–H groups in total. The van der Waals surface area contributed by atoms with E-state index in [-0.39, 0.29) is 103 Å². The number of fused-ring (bicyclic) bond motifs is 2. The number of ether oxygens (including phenoxy) is 3. The third-order valence-electron chi connectivity index (χ3n) is 14.7. The fraction of sp³-hybridized carbons (Fsp3) is 0.820. The van der Waals surface area contributed by atoms with Gasteiger partial charge in [0.2, 0.25) is 0 Å². The molecule has 472 valence electrons. The van der Waals surface area contributed by atoms with Gasteiger partial charge in [-0.2, -0.15) is 0 Å². The first kappa shape index (κ1) is 74.1. The summed E-state index contributed by atoms with van der Waals surface area (Å²) in [5.41, 5.74) is 0.743. The van der Waals surface area contributed by atoms with E-state index in [9.17, 15) is 53.5 Å². The standard InChI is InChI=1S/C61H107N4O16P/c1-3-5-7-9-11-13-15-17-19-21-23-25-27-29-31-35-60(73)78-50-54(81-61(74)36-32-30-28-26-24-22-20-18-16-14-12-10-8-6-4-2)51-80-82(75,76)79-43-33-34-53(66)49-77-56-38-37-52-44-64(47-58(69)70)41-39-63(46-57(67)68)40-42-65(48-59(71)72)45-55(56)62-52/h37-38,54H,3-36,39-51H2,1-2H3,(H,67,68)(H,69,70)(H,71,72)(H,75,76)/t54-/m1/s1. The van der Waals surface area contributed by atoms with Crippen LogP contribution in [0.2, 0.25) is 0 Å². The van der Waals surface area contributed by atoms with Gasteiger partial charge in [0.15, 0.2) is 11.9 Å². The van der Waals surface area contributed by atoms with E-state index in [1.54, 1.807) is 26.8 Å². The first-order valence-corrected chi connectivity index (χ1v) is 33.0. The summed E-state index contributed by atoms with van der Waals surface area (Å²) in [6.45, 7) is 2.51. The average molecular weight is 1180 g/mol. The van der Waals surface area contributed by atoms with Gasteiger partial charge in [0.25, 0.3) is 0 Å². The van der Waals surface area contributed by atoms with Crippen LogP contribution in [-0.4, -0.2) is 154 Å². The Hall–Kier alpha value is -4.04. The summed E-state index contributed by atoms with van der Waals surface area (Å²) in [5.74, 6) is -4.48. The number of carbonyl (C=O) groups is 6. The minimum absolute atomic E-state index is 0.00732. The van der Waals surface area contributed by atoms with E-state index >= 15 is 0 Å². The zero-order valence-corrected chi connectivity index (χ0v) is 51.3. The number of aromatic nitrogens is 1. The normalized spacial score (nSPS) is 14.8. The van der Waals surface area contributed by atoms with Crippen LogP contribution < -0.4 is 4.74 Å². The maximum Gasteiger partial charge on any atom is 0.472 e. The lowest BCUT2D eigenvalue weighted by Gasteiger charge is -2.29. The Labute approximate surface area is 491 Å². The molecule has 2 heterocycles. The SMILES string of the molecule is CCCCCCCCCCCCCCCCCC(=O)OC[C@H](COP(=O)(O)OCCCC(=O)COc1ccc2nc1CN(CC(=O)O)CCN(CC(=O)O)CCN(CC(=O)O)C2)OC(=O)CCCCCCCCCCCCCCCCC. The number of ketones is 1. The Morgan fingerprint density at radius 3 is 1.39 bits per heavy atom. The number of phosphoric acid groups is 1. The van der Waals surface area contributed by atoms with E-state index in [0.717, 1.165) is 38.5 Å². The minimum Gasteiger partial charge on any atom is -0.484 e. The molecule has 20 nitrogen and oxygen atoms in total. The van der Waals surface area contributed by atoms with E-state index in [1.165, 1.54) is 141 Å². The van der Waals surface area contributed by atoms with E-state index in [4.69, 9.17) is 23.3 Å². The summed E-state index contributed by atoms with van der Waals surface area (Å²) < 4.78 is 40.4. The van der Waals surface area contributed by atoms with Gasteiger partial charge in [0.1, 0.15) is 19.0 Å². The Balaban J connectivity index is 1.88. The molecule has 0 spiro atoms. The highest BCUT2D eigenvalue weighted by Gasteiger charge is 2.27. The largest absolute Gasteiger partial charge is 0.484 e. The lowest BCUT2D eigenvalue weighted by atomic mass is 10.0. The van der Waals surface area contributed by atoms with E-state index in [0.29, 0.717) is 18.5 Å². The van der Waals surface area contributed by atoms with Crippen molar-refractivity contribution in [1.82, 2.24) is 19.7 Å². The number of hydrogen-bond acceptors (Lipinski definition) is 16. The highest BCUT2D eigenvalue weighted by molar-refractivity contribution is 7.47. The van der Waals surface area contributed by atoms with Crippen LogP contribution in [0.15, 0.2) is 12.1 Å². The average Bonchev–Trinajstić information content (AvgIpc) is 3.50. The van der Waals surface area contributed by atoms with Crippen molar-refractivity contribution in [2.45, 2.75) is 251 Å². The minimum atomic E-state index is -4.73. The maximum atomic E-state index is 13.0.